The molecule has 1 saturated carbocycles. The minimum absolute atomic E-state index is 0.0986. The van der Waals surface area contributed by atoms with Gasteiger partial charge in [-0.05, 0) is 55.0 Å². The number of ether oxygens (including phenoxy) is 2. The molecule has 2 aromatic carbocycles. The second kappa shape index (κ2) is 8.54. The van der Waals surface area contributed by atoms with Crippen LogP contribution >= 0.6 is 0 Å². The van der Waals surface area contributed by atoms with Crippen molar-refractivity contribution in [1.29, 1.82) is 0 Å². The molecule has 8 heteroatoms. The van der Waals surface area contributed by atoms with Crippen LogP contribution in [0.1, 0.15) is 56.2 Å². The zero-order valence-corrected chi connectivity index (χ0v) is 21.0. The number of nitrogens with one attached hydrogen (secondary N) is 1. The third kappa shape index (κ3) is 3.62. The Morgan fingerprint density at radius 1 is 1.14 bits per heavy atom. The van der Waals surface area contributed by atoms with Crippen LogP contribution in [0.25, 0.3) is 11.0 Å². The summed E-state index contributed by atoms with van der Waals surface area (Å²) in [6.07, 6.45) is 3.25. The number of para-hydroxylation sites is 2. The monoisotopic (exact) mass is 488 g/mol. The number of aromatic nitrogens is 2. The first-order valence-corrected chi connectivity index (χ1v) is 12.8. The smallest absolute Gasteiger partial charge is 0.291 e. The average molecular weight is 489 g/mol. The van der Waals surface area contributed by atoms with E-state index in [1.165, 1.54) is 6.42 Å². The van der Waals surface area contributed by atoms with Gasteiger partial charge in [0.15, 0.2) is 17.3 Å². The maximum Gasteiger partial charge on any atom is 0.291 e. The number of hydrogen-bond acceptors (Lipinski definition) is 5. The van der Waals surface area contributed by atoms with Gasteiger partial charge in [-0.25, -0.2) is 4.98 Å². The third-order valence-corrected chi connectivity index (χ3v) is 8.44. The number of fused-ring (bicyclic) bond motifs is 4. The molecular weight excluding hydrogens is 456 g/mol. The summed E-state index contributed by atoms with van der Waals surface area (Å²) in [7, 11) is 0. The highest BCUT2D eigenvalue weighted by Crippen LogP contribution is 2.36. The Bertz CT molecular complexity index is 1350. The topological polar surface area (TPSA) is 85.7 Å². The van der Waals surface area contributed by atoms with E-state index in [1.54, 1.807) is 4.90 Å². The lowest BCUT2D eigenvalue weighted by molar-refractivity contribution is -0.134. The van der Waals surface area contributed by atoms with Crippen molar-refractivity contribution in [3.05, 3.63) is 53.9 Å². The van der Waals surface area contributed by atoms with Crippen LogP contribution in [0.5, 0.6) is 11.5 Å². The van der Waals surface area contributed by atoms with Crippen LogP contribution in [-0.4, -0.2) is 44.6 Å². The first-order valence-electron chi connectivity index (χ1n) is 12.8. The summed E-state index contributed by atoms with van der Waals surface area (Å²) in [4.78, 5) is 34.3. The molecular formula is C28H32N4O4. The number of benzene rings is 2. The van der Waals surface area contributed by atoms with Crippen LogP contribution in [0.15, 0.2) is 42.5 Å². The molecule has 1 N–H and O–H groups in total. The van der Waals surface area contributed by atoms with Gasteiger partial charge < -0.3 is 24.3 Å². The molecule has 2 amide bonds. The van der Waals surface area contributed by atoms with Gasteiger partial charge in [0.05, 0.1) is 17.6 Å². The van der Waals surface area contributed by atoms with Gasteiger partial charge in [-0.15, -0.1) is 0 Å². The van der Waals surface area contributed by atoms with Crippen LogP contribution in [0.2, 0.25) is 0 Å². The van der Waals surface area contributed by atoms with E-state index in [9.17, 15) is 9.59 Å². The van der Waals surface area contributed by atoms with Crippen molar-refractivity contribution in [2.24, 2.45) is 11.8 Å². The van der Waals surface area contributed by atoms with E-state index in [1.807, 2.05) is 54.0 Å². The molecule has 8 nitrogen and oxygen atoms in total. The normalized spacial score (nSPS) is 27.2. The fourth-order valence-electron chi connectivity index (χ4n) is 5.91. The highest BCUT2D eigenvalue weighted by Gasteiger charge is 2.49. The molecule has 6 rings (SSSR count). The van der Waals surface area contributed by atoms with Crippen molar-refractivity contribution in [3.63, 3.8) is 0 Å². The molecule has 0 bridgehead atoms. The molecule has 0 spiro atoms. The van der Waals surface area contributed by atoms with E-state index in [-0.39, 0.29) is 31.2 Å². The standard InChI is InChI=1S/C28H32N4O4/c1-17-7-6-9-20(18(17)2)30-27(34)28(3)15-31-22-10-5-4-8-21(22)29-25(31)26(33)32(28)14-19-11-12-23-24(13-19)36-16-35-23/h4-5,8,10-13,17-18,20H,6-7,9,14-16H2,1-3H3,(H,30,34)/t17-,18-,20+,28+/m1/s1. The Kier molecular flexibility index (Phi) is 5.43. The van der Waals surface area contributed by atoms with Crippen molar-refractivity contribution in [2.75, 3.05) is 6.79 Å². The Hall–Kier alpha value is -3.55. The second-order valence-corrected chi connectivity index (χ2v) is 10.7. The van der Waals surface area contributed by atoms with E-state index < -0.39 is 5.54 Å². The van der Waals surface area contributed by atoms with Gasteiger partial charge in [-0.2, -0.15) is 0 Å². The predicted octanol–water partition coefficient (Wildman–Crippen LogP) is 4.12. The van der Waals surface area contributed by atoms with Gasteiger partial charge in [0.25, 0.3) is 5.91 Å². The van der Waals surface area contributed by atoms with Crippen LogP contribution < -0.4 is 14.8 Å². The number of nitrogens with zero attached hydrogens (tertiary/aromatic N) is 3. The van der Waals surface area contributed by atoms with Gasteiger partial charge in [-0.3, -0.25) is 9.59 Å². The van der Waals surface area contributed by atoms with Crippen LogP contribution in [0.3, 0.4) is 0 Å². The molecule has 0 saturated heterocycles. The second-order valence-electron chi connectivity index (χ2n) is 10.7. The maximum atomic E-state index is 14.1. The lowest BCUT2D eigenvalue weighted by Gasteiger charge is -2.45. The van der Waals surface area contributed by atoms with E-state index in [4.69, 9.17) is 9.47 Å². The first-order chi connectivity index (χ1) is 17.3. The van der Waals surface area contributed by atoms with Crippen LogP contribution in [-0.2, 0) is 17.9 Å². The Morgan fingerprint density at radius 3 is 2.81 bits per heavy atom. The summed E-state index contributed by atoms with van der Waals surface area (Å²) in [5.74, 6) is 2.27. The van der Waals surface area contributed by atoms with E-state index >= 15 is 0 Å². The zero-order chi connectivity index (χ0) is 25.0. The van der Waals surface area contributed by atoms with Crippen molar-refractivity contribution in [1.82, 2.24) is 19.8 Å². The van der Waals surface area contributed by atoms with E-state index in [0.29, 0.717) is 35.7 Å². The SMILES string of the molecule is C[C@@H]1[C@H](C)CCC[C@@H]1NC(=O)[C@]1(C)Cn2c(nc3ccccc32)C(=O)N1Cc1ccc2c(c1)OCO2. The van der Waals surface area contributed by atoms with Crippen LogP contribution in [0.4, 0.5) is 0 Å². The fourth-order valence-corrected chi connectivity index (χ4v) is 5.91. The summed E-state index contributed by atoms with van der Waals surface area (Å²) < 4.78 is 12.9. The molecule has 4 atom stereocenters. The summed E-state index contributed by atoms with van der Waals surface area (Å²) >= 11 is 0. The average Bonchev–Trinajstić information content (AvgIpc) is 3.49. The summed E-state index contributed by atoms with van der Waals surface area (Å²) in [5.41, 5.74) is 1.39. The van der Waals surface area contributed by atoms with Crippen molar-refractivity contribution >= 4 is 22.8 Å². The van der Waals surface area contributed by atoms with Gasteiger partial charge in [0.1, 0.15) is 5.54 Å². The molecule has 1 fully saturated rings. The maximum absolute atomic E-state index is 14.1. The molecule has 0 radical (unpaired) electrons. The molecule has 36 heavy (non-hydrogen) atoms. The Labute approximate surface area is 210 Å². The van der Waals surface area contributed by atoms with Gasteiger partial charge in [0.2, 0.25) is 12.7 Å². The molecule has 3 aromatic rings. The summed E-state index contributed by atoms with van der Waals surface area (Å²) in [5, 5.41) is 3.35. The molecule has 1 aromatic heterocycles. The lowest BCUT2D eigenvalue weighted by atomic mass is 9.77. The molecule has 188 valence electrons. The summed E-state index contributed by atoms with van der Waals surface area (Å²) in [6.45, 7) is 7.13. The number of amides is 2. The van der Waals surface area contributed by atoms with Gasteiger partial charge in [-0.1, -0.05) is 44.9 Å². The number of imidazole rings is 1. The van der Waals surface area contributed by atoms with E-state index in [2.05, 4.69) is 24.1 Å². The minimum Gasteiger partial charge on any atom is -0.454 e. The number of rotatable bonds is 4. The van der Waals surface area contributed by atoms with Crippen molar-refractivity contribution < 1.29 is 19.1 Å². The highest BCUT2D eigenvalue weighted by atomic mass is 16.7. The number of carbonyl (C=O) groups is 2. The zero-order valence-electron chi connectivity index (χ0n) is 21.0. The first kappa shape index (κ1) is 22.9. The van der Waals surface area contributed by atoms with Crippen LogP contribution in [0, 0.1) is 11.8 Å². The van der Waals surface area contributed by atoms with Gasteiger partial charge >= 0.3 is 0 Å². The molecule has 3 aliphatic rings. The van der Waals surface area contributed by atoms with Gasteiger partial charge in [0, 0.05) is 12.6 Å². The van der Waals surface area contributed by atoms with Crippen molar-refractivity contribution in [2.45, 2.75) is 64.7 Å². The number of carbonyl (C=O) groups excluding carboxylic acids is 2. The number of hydrogen-bond donors (Lipinski definition) is 1. The lowest BCUT2D eigenvalue weighted by Crippen LogP contribution is -2.65. The summed E-state index contributed by atoms with van der Waals surface area (Å²) in [6, 6.07) is 13.5. The quantitative estimate of drug-likeness (QED) is 0.597. The Balaban J connectivity index is 1.38. The minimum atomic E-state index is -1.09. The molecule has 0 unspecified atom stereocenters. The fraction of sp³-hybridized carbons (Fsp3) is 0.464. The molecule has 3 heterocycles. The Morgan fingerprint density at radius 2 is 1.94 bits per heavy atom. The largest absolute Gasteiger partial charge is 0.454 e. The van der Waals surface area contributed by atoms with E-state index in [0.717, 1.165) is 29.4 Å². The molecule has 2 aliphatic heterocycles. The predicted molar refractivity (Wildman–Crippen MR) is 135 cm³/mol. The third-order valence-electron chi connectivity index (χ3n) is 8.44. The molecule has 1 aliphatic carbocycles. The highest BCUT2D eigenvalue weighted by molar-refractivity contribution is 6.01. The van der Waals surface area contributed by atoms with Crippen molar-refractivity contribution in [3.8, 4) is 11.5 Å².